The van der Waals surface area contributed by atoms with Gasteiger partial charge >= 0.3 is 0 Å². The van der Waals surface area contributed by atoms with Gasteiger partial charge in [-0.15, -0.1) is 0 Å². The van der Waals surface area contributed by atoms with E-state index in [1.165, 1.54) is 0 Å². The number of hydrogen-bond donors (Lipinski definition) is 3. The third-order valence-electron chi connectivity index (χ3n) is 4.68. The molecule has 0 spiro atoms. The number of amides is 1. The molecule has 7 nitrogen and oxygen atoms in total. The van der Waals surface area contributed by atoms with Crippen LogP contribution >= 0.6 is 0 Å². The van der Waals surface area contributed by atoms with E-state index in [0.29, 0.717) is 31.4 Å². The van der Waals surface area contributed by atoms with Crippen molar-refractivity contribution in [2.45, 2.75) is 32.4 Å². The van der Waals surface area contributed by atoms with Gasteiger partial charge in [-0.3, -0.25) is 14.6 Å². The molecule has 0 radical (unpaired) electrons. The van der Waals surface area contributed by atoms with Crippen LogP contribution in [0.5, 0.6) is 0 Å². The monoisotopic (exact) mass is 381 g/mol. The number of aromatic nitrogens is 2. The minimum absolute atomic E-state index is 0.00861. The molecule has 1 amide bonds. The number of nitrogens with one attached hydrogen (secondary N) is 3. The normalized spacial score (nSPS) is 16.8. The number of anilines is 1. The van der Waals surface area contributed by atoms with E-state index in [1.807, 2.05) is 29.2 Å². The fourth-order valence-electron chi connectivity index (χ4n) is 3.17. The molecular weight excluding hydrogens is 354 g/mol. The standard InChI is InChI=1S/C21H27N5O2/c1-15(2)23-8-3-4-20(27)26-11-7-18(14-26)25-19-12-17(13-24-21(19)28)16-5-9-22-10-6-16/h3-6,9-10,12-13,15,18,23,25H,7-8,11,14H2,1-2H3,(H,24,28). The third-order valence-corrected chi connectivity index (χ3v) is 4.68. The highest BCUT2D eigenvalue weighted by molar-refractivity contribution is 5.87. The predicted molar refractivity (Wildman–Crippen MR) is 111 cm³/mol. The fourth-order valence-corrected chi connectivity index (χ4v) is 3.17. The van der Waals surface area contributed by atoms with Crippen molar-refractivity contribution in [1.82, 2.24) is 20.2 Å². The summed E-state index contributed by atoms with van der Waals surface area (Å²) in [5.41, 5.74) is 2.25. The van der Waals surface area contributed by atoms with Crippen LogP contribution in [0.1, 0.15) is 20.3 Å². The lowest BCUT2D eigenvalue weighted by Crippen LogP contribution is -2.31. The number of rotatable bonds is 7. The zero-order valence-corrected chi connectivity index (χ0v) is 16.3. The van der Waals surface area contributed by atoms with Gasteiger partial charge in [0, 0.05) is 61.9 Å². The number of carbonyl (C=O) groups is 1. The van der Waals surface area contributed by atoms with Crippen molar-refractivity contribution in [3.63, 3.8) is 0 Å². The smallest absolute Gasteiger partial charge is 0.271 e. The van der Waals surface area contributed by atoms with Crippen LogP contribution in [0.15, 0.2) is 53.7 Å². The first-order chi connectivity index (χ1) is 13.5. The molecule has 28 heavy (non-hydrogen) atoms. The molecule has 2 aromatic heterocycles. The quantitative estimate of drug-likeness (QED) is 0.639. The van der Waals surface area contributed by atoms with Gasteiger partial charge in [-0.05, 0) is 30.2 Å². The van der Waals surface area contributed by atoms with Crippen molar-refractivity contribution in [1.29, 1.82) is 0 Å². The Balaban J connectivity index is 1.59. The Morgan fingerprint density at radius 2 is 2.14 bits per heavy atom. The molecule has 0 saturated carbocycles. The van der Waals surface area contributed by atoms with E-state index < -0.39 is 0 Å². The number of carbonyl (C=O) groups excluding carboxylic acids is 1. The highest BCUT2D eigenvalue weighted by atomic mass is 16.2. The minimum Gasteiger partial charge on any atom is -0.376 e. The lowest BCUT2D eigenvalue weighted by molar-refractivity contribution is -0.125. The molecule has 0 aliphatic carbocycles. The summed E-state index contributed by atoms with van der Waals surface area (Å²) in [4.78, 5) is 33.1. The second-order valence-electron chi connectivity index (χ2n) is 7.25. The van der Waals surface area contributed by atoms with Crippen LogP contribution in [0.25, 0.3) is 11.1 Å². The molecule has 0 aromatic carbocycles. The molecule has 3 rings (SSSR count). The van der Waals surface area contributed by atoms with E-state index >= 15 is 0 Å². The molecule has 1 saturated heterocycles. The second-order valence-corrected chi connectivity index (χ2v) is 7.25. The molecule has 2 aromatic rings. The lowest BCUT2D eigenvalue weighted by Gasteiger charge is -2.16. The van der Waals surface area contributed by atoms with Gasteiger partial charge in [0.15, 0.2) is 0 Å². The SMILES string of the molecule is CC(C)NCC=CC(=O)N1CCC(Nc2cc(-c3ccncc3)c[nH]c2=O)C1. The van der Waals surface area contributed by atoms with E-state index in [1.54, 1.807) is 24.7 Å². The van der Waals surface area contributed by atoms with Crippen LogP contribution in [-0.2, 0) is 4.79 Å². The Morgan fingerprint density at radius 1 is 1.36 bits per heavy atom. The zero-order valence-electron chi connectivity index (χ0n) is 16.3. The number of hydrogen-bond acceptors (Lipinski definition) is 5. The zero-order chi connectivity index (χ0) is 19.9. The Hall–Kier alpha value is -2.93. The summed E-state index contributed by atoms with van der Waals surface area (Å²) in [7, 11) is 0. The average Bonchev–Trinajstić information content (AvgIpc) is 3.16. The van der Waals surface area contributed by atoms with Crippen LogP contribution in [0.2, 0.25) is 0 Å². The largest absolute Gasteiger partial charge is 0.376 e. The van der Waals surface area contributed by atoms with Crippen LogP contribution in [-0.4, -0.2) is 52.5 Å². The molecule has 1 aliphatic heterocycles. The van der Waals surface area contributed by atoms with Crippen molar-refractivity contribution >= 4 is 11.6 Å². The number of aromatic amines is 1. The van der Waals surface area contributed by atoms with Gasteiger partial charge in [0.2, 0.25) is 5.91 Å². The highest BCUT2D eigenvalue weighted by Crippen LogP contribution is 2.20. The molecule has 0 bridgehead atoms. The van der Waals surface area contributed by atoms with Gasteiger partial charge in [0.25, 0.3) is 5.56 Å². The summed E-state index contributed by atoms with van der Waals surface area (Å²) in [6.07, 6.45) is 9.42. The maximum absolute atomic E-state index is 12.3. The van der Waals surface area contributed by atoms with Gasteiger partial charge in [-0.2, -0.15) is 0 Å². The number of nitrogens with zero attached hydrogens (tertiary/aromatic N) is 2. The molecule has 1 unspecified atom stereocenters. The molecule has 1 aliphatic rings. The Morgan fingerprint density at radius 3 is 2.89 bits per heavy atom. The van der Waals surface area contributed by atoms with Crippen molar-refractivity contribution in [3.05, 3.63) is 59.3 Å². The van der Waals surface area contributed by atoms with Crippen molar-refractivity contribution in [2.75, 3.05) is 25.0 Å². The van der Waals surface area contributed by atoms with Gasteiger partial charge in [0.1, 0.15) is 5.69 Å². The molecule has 1 atom stereocenters. The number of likely N-dealkylation sites (tertiary alicyclic amines) is 1. The first kappa shape index (κ1) is 19.8. The summed E-state index contributed by atoms with van der Waals surface area (Å²) in [6, 6.07) is 6.08. The summed E-state index contributed by atoms with van der Waals surface area (Å²) >= 11 is 0. The first-order valence-electron chi connectivity index (χ1n) is 9.61. The third kappa shape index (κ3) is 5.29. The van der Waals surface area contributed by atoms with E-state index in [4.69, 9.17) is 0 Å². The maximum Gasteiger partial charge on any atom is 0.271 e. The van der Waals surface area contributed by atoms with Crippen LogP contribution in [0.4, 0.5) is 5.69 Å². The summed E-state index contributed by atoms with van der Waals surface area (Å²) in [6.45, 7) is 6.08. The highest BCUT2D eigenvalue weighted by Gasteiger charge is 2.25. The Labute approximate surface area is 164 Å². The summed E-state index contributed by atoms with van der Waals surface area (Å²) < 4.78 is 0. The molecular formula is C21H27N5O2. The fraction of sp³-hybridized carbons (Fsp3) is 0.381. The first-order valence-corrected chi connectivity index (χ1v) is 9.61. The predicted octanol–water partition coefficient (Wildman–Crippen LogP) is 2.00. The number of pyridine rings is 2. The van der Waals surface area contributed by atoms with Gasteiger partial charge in [-0.1, -0.05) is 19.9 Å². The van der Waals surface area contributed by atoms with Crippen molar-refractivity contribution in [2.24, 2.45) is 0 Å². The van der Waals surface area contributed by atoms with Crippen LogP contribution < -0.4 is 16.2 Å². The van der Waals surface area contributed by atoms with Gasteiger partial charge in [-0.25, -0.2) is 0 Å². The Bertz CT molecular complexity index is 876. The molecule has 3 N–H and O–H groups in total. The van der Waals surface area contributed by atoms with Gasteiger partial charge < -0.3 is 20.5 Å². The van der Waals surface area contributed by atoms with Gasteiger partial charge in [0.05, 0.1) is 0 Å². The average molecular weight is 381 g/mol. The maximum atomic E-state index is 12.3. The Kier molecular flexibility index (Phi) is 6.60. The van der Waals surface area contributed by atoms with Crippen molar-refractivity contribution in [3.8, 4) is 11.1 Å². The van der Waals surface area contributed by atoms with Crippen LogP contribution in [0.3, 0.4) is 0 Å². The van der Waals surface area contributed by atoms with Crippen LogP contribution in [0, 0.1) is 0 Å². The van der Waals surface area contributed by atoms with E-state index in [9.17, 15) is 9.59 Å². The summed E-state index contributed by atoms with van der Waals surface area (Å²) in [5, 5.41) is 6.54. The molecule has 7 heteroatoms. The molecule has 3 heterocycles. The number of H-pyrrole nitrogens is 1. The minimum atomic E-state index is -0.165. The molecule has 148 valence electrons. The second kappa shape index (κ2) is 9.32. The van der Waals surface area contributed by atoms with Crippen molar-refractivity contribution < 1.29 is 4.79 Å². The molecule has 1 fully saturated rings. The van der Waals surface area contributed by atoms with E-state index in [0.717, 1.165) is 17.5 Å². The van der Waals surface area contributed by atoms with E-state index in [-0.39, 0.29) is 17.5 Å². The lowest BCUT2D eigenvalue weighted by atomic mass is 10.1. The topological polar surface area (TPSA) is 90.1 Å². The van der Waals surface area contributed by atoms with E-state index in [2.05, 4.69) is 34.4 Å². The summed E-state index contributed by atoms with van der Waals surface area (Å²) in [5.74, 6) is 0.00861.